The topological polar surface area (TPSA) is 62.2 Å². The van der Waals surface area contributed by atoms with Crippen molar-refractivity contribution in [3.05, 3.63) is 36.0 Å². The van der Waals surface area contributed by atoms with E-state index in [2.05, 4.69) is 24.1 Å². The van der Waals surface area contributed by atoms with Crippen molar-refractivity contribution < 1.29 is 9.90 Å². The van der Waals surface area contributed by atoms with Crippen LogP contribution in [-0.4, -0.2) is 22.6 Å². The summed E-state index contributed by atoms with van der Waals surface area (Å²) in [6.07, 6.45) is -0.0544. The largest absolute Gasteiger partial charge is 0.481 e. The maximum atomic E-state index is 10.8. The number of benzene rings is 1. The van der Waals surface area contributed by atoms with E-state index in [1.807, 2.05) is 30.3 Å². The van der Waals surface area contributed by atoms with E-state index in [9.17, 15) is 4.79 Å². The second-order valence-electron chi connectivity index (χ2n) is 5.02. The van der Waals surface area contributed by atoms with Crippen LogP contribution in [0.4, 0.5) is 5.69 Å². The number of pyridine rings is 1. The van der Waals surface area contributed by atoms with Gasteiger partial charge in [-0.1, -0.05) is 32.0 Å². The van der Waals surface area contributed by atoms with Crippen molar-refractivity contribution in [3.8, 4) is 0 Å². The molecule has 100 valence electrons. The molecule has 2 rings (SSSR count). The highest BCUT2D eigenvalue weighted by molar-refractivity contribution is 5.91. The number of nitrogens with one attached hydrogen (secondary N) is 1. The van der Waals surface area contributed by atoms with Gasteiger partial charge in [0.1, 0.15) is 0 Å². The van der Waals surface area contributed by atoms with Crippen LogP contribution in [-0.2, 0) is 11.2 Å². The van der Waals surface area contributed by atoms with E-state index in [1.165, 1.54) is 0 Å². The average molecular weight is 258 g/mol. The van der Waals surface area contributed by atoms with E-state index in [0.717, 1.165) is 23.1 Å². The van der Waals surface area contributed by atoms with Gasteiger partial charge in [-0.05, 0) is 18.1 Å². The molecule has 0 aliphatic heterocycles. The molecule has 0 aliphatic rings. The number of aromatic nitrogens is 1. The maximum Gasteiger partial charge on any atom is 0.309 e. The van der Waals surface area contributed by atoms with Crippen LogP contribution >= 0.6 is 0 Å². The normalized spacial score (nSPS) is 10.9. The SMILES string of the molecule is CC(C)CNc1cc(CC(=O)O)nc2ccccc12. The van der Waals surface area contributed by atoms with Gasteiger partial charge in [-0.25, -0.2) is 0 Å². The van der Waals surface area contributed by atoms with Crippen LogP contribution < -0.4 is 5.32 Å². The van der Waals surface area contributed by atoms with E-state index in [4.69, 9.17) is 5.11 Å². The number of aliphatic carboxylic acids is 1. The summed E-state index contributed by atoms with van der Waals surface area (Å²) in [6, 6.07) is 9.60. The summed E-state index contributed by atoms with van der Waals surface area (Å²) in [5.41, 5.74) is 2.36. The molecule has 0 saturated heterocycles. The average Bonchev–Trinajstić information content (AvgIpc) is 2.35. The van der Waals surface area contributed by atoms with Gasteiger partial charge in [0.2, 0.25) is 0 Å². The first-order valence-electron chi connectivity index (χ1n) is 6.40. The van der Waals surface area contributed by atoms with Crippen LogP contribution in [0.5, 0.6) is 0 Å². The lowest BCUT2D eigenvalue weighted by atomic mass is 10.1. The standard InChI is InChI=1S/C15H18N2O2/c1-10(2)9-16-14-7-11(8-15(18)19)17-13-6-4-3-5-12(13)14/h3-7,10H,8-9H2,1-2H3,(H,16,17)(H,18,19). The number of hydrogen-bond donors (Lipinski definition) is 2. The van der Waals surface area contributed by atoms with Crippen molar-refractivity contribution >= 4 is 22.6 Å². The van der Waals surface area contributed by atoms with Gasteiger partial charge in [-0.3, -0.25) is 9.78 Å². The molecule has 0 spiro atoms. The molecule has 0 fully saturated rings. The van der Waals surface area contributed by atoms with Gasteiger partial charge in [0.05, 0.1) is 17.6 Å². The van der Waals surface area contributed by atoms with Crippen LogP contribution in [0.25, 0.3) is 10.9 Å². The lowest BCUT2D eigenvalue weighted by Crippen LogP contribution is -2.10. The molecule has 0 saturated carbocycles. The quantitative estimate of drug-likeness (QED) is 0.865. The summed E-state index contributed by atoms with van der Waals surface area (Å²) in [5, 5.41) is 13.3. The van der Waals surface area contributed by atoms with Crippen LogP contribution in [0.3, 0.4) is 0 Å². The Morgan fingerprint density at radius 1 is 1.37 bits per heavy atom. The number of hydrogen-bond acceptors (Lipinski definition) is 3. The first-order valence-corrected chi connectivity index (χ1v) is 6.40. The Bertz CT molecular complexity index is 594. The zero-order valence-corrected chi connectivity index (χ0v) is 11.2. The van der Waals surface area contributed by atoms with Gasteiger partial charge in [-0.15, -0.1) is 0 Å². The molecule has 0 bridgehead atoms. The third-order valence-corrected chi connectivity index (χ3v) is 2.80. The van der Waals surface area contributed by atoms with Gasteiger partial charge >= 0.3 is 5.97 Å². The minimum Gasteiger partial charge on any atom is -0.481 e. The number of anilines is 1. The minimum atomic E-state index is -0.863. The Kier molecular flexibility index (Phi) is 4.00. The maximum absolute atomic E-state index is 10.8. The van der Waals surface area contributed by atoms with Crippen molar-refractivity contribution in [2.24, 2.45) is 5.92 Å². The summed E-state index contributed by atoms with van der Waals surface area (Å²) < 4.78 is 0. The smallest absolute Gasteiger partial charge is 0.309 e. The van der Waals surface area contributed by atoms with Crippen LogP contribution in [0.15, 0.2) is 30.3 Å². The number of fused-ring (bicyclic) bond motifs is 1. The molecular weight excluding hydrogens is 240 g/mol. The lowest BCUT2D eigenvalue weighted by molar-refractivity contribution is -0.136. The second kappa shape index (κ2) is 5.69. The molecule has 1 aromatic heterocycles. The monoisotopic (exact) mass is 258 g/mol. The van der Waals surface area contributed by atoms with Crippen molar-refractivity contribution in [1.82, 2.24) is 4.98 Å². The van der Waals surface area contributed by atoms with E-state index >= 15 is 0 Å². The fraction of sp³-hybridized carbons (Fsp3) is 0.333. The van der Waals surface area contributed by atoms with Crippen molar-refractivity contribution in [1.29, 1.82) is 0 Å². The molecule has 2 aromatic rings. The van der Waals surface area contributed by atoms with Crippen LogP contribution in [0.1, 0.15) is 19.5 Å². The summed E-state index contributed by atoms with van der Waals surface area (Å²) in [6.45, 7) is 5.11. The highest BCUT2D eigenvalue weighted by Crippen LogP contribution is 2.23. The van der Waals surface area contributed by atoms with Crippen molar-refractivity contribution in [2.75, 3.05) is 11.9 Å². The molecule has 0 atom stereocenters. The van der Waals surface area contributed by atoms with Crippen molar-refractivity contribution in [2.45, 2.75) is 20.3 Å². The Hall–Kier alpha value is -2.10. The molecule has 0 unspecified atom stereocenters. The fourth-order valence-electron chi connectivity index (χ4n) is 1.94. The van der Waals surface area contributed by atoms with Gasteiger partial charge in [0, 0.05) is 17.6 Å². The fourth-order valence-corrected chi connectivity index (χ4v) is 1.94. The van der Waals surface area contributed by atoms with E-state index in [1.54, 1.807) is 0 Å². The number of rotatable bonds is 5. The van der Waals surface area contributed by atoms with Gasteiger partial charge < -0.3 is 10.4 Å². The molecule has 0 radical (unpaired) electrons. The molecule has 0 amide bonds. The first kappa shape index (κ1) is 13.3. The number of nitrogens with zero attached hydrogens (tertiary/aromatic N) is 1. The van der Waals surface area contributed by atoms with E-state index in [0.29, 0.717) is 11.6 Å². The molecular formula is C15H18N2O2. The summed E-state index contributed by atoms with van der Waals surface area (Å²) in [5.74, 6) is -0.340. The zero-order chi connectivity index (χ0) is 13.8. The molecule has 1 aromatic carbocycles. The number of carbonyl (C=O) groups is 1. The summed E-state index contributed by atoms with van der Waals surface area (Å²) in [4.78, 5) is 15.2. The summed E-state index contributed by atoms with van der Waals surface area (Å²) >= 11 is 0. The third-order valence-electron chi connectivity index (χ3n) is 2.80. The summed E-state index contributed by atoms with van der Waals surface area (Å²) in [7, 11) is 0. The molecule has 19 heavy (non-hydrogen) atoms. The number of carboxylic acid groups (broad SMARTS) is 1. The molecule has 0 aliphatic carbocycles. The Labute approximate surface area is 112 Å². The van der Waals surface area contributed by atoms with Crippen molar-refractivity contribution in [3.63, 3.8) is 0 Å². The molecule has 4 heteroatoms. The van der Waals surface area contributed by atoms with Gasteiger partial charge in [0.15, 0.2) is 0 Å². The second-order valence-corrected chi connectivity index (χ2v) is 5.02. The number of para-hydroxylation sites is 1. The van der Waals surface area contributed by atoms with Gasteiger partial charge in [-0.2, -0.15) is 0 Å². The lowest BCUT2D eigenvalue weighted by Gasteiger charge is -2.13. The van der Waals surface area contributed by atoms with Crippen LogP contribution in [0, 0.1) is 5.92 Å². The number of carboxylic acids is 1. The Morgan fingerprint density at radius 3 is 2.79 bits per heavy atom. The van der Waals surface area contributed by atoms with Crippen LogP contribution in [0.2, 0.25) is 0 Å². The molecule has 1 heterocycles. The zero-order valence-electron chi connectivity index (χ0n) is 11.2. The Balaban J connectivity index is 2.42. The molecule has 4 nitrogen and oxygen atoms in total. The minimum absolute atomic E-state index is 0.0544. The van der Waals surface area contributed by atoms with Gasteiger partial charge in [0.25, 0.3) is 0 Å². The predicted molar refractivity (Wildman–Crippen MR) is 76.4 cm³/mol. The highest BCUT2D eigenvalue weighted by Gasteiger charge is 2.08. The van der Waals surface area contributed by atoms with E-state index < -0.39 is 5.97 Å². The third kappa shape index (κ3) is 3.44. The first-order chi connectivity index (χ1) is 9.06. The Morgan fingerprint density at radius 2 is 2.11 bits per heavy atom. The predicted octanol–water partition coefficient (Wildman–Crippen LogP) is 2.93. The highest BCUT2D eigenvalue weighted by atomic mass is 16.4. The molecule has 2 N–H and O–H groups in total. The van der Waals surface area contributed by atoms with E-state index in [-0.39, 0.29) is 6.42 Å².